The molecule has 0 radical (unpaired) electrons. The zero-order chi connectivity index (χ0) is 15.5. The Morgan fingerprint density at radius 3 is 2.24 bits per heavy atom. The second kappa shape index (κ2) is 6.48. The predicted molar refractivity (Wildman–Crippen MR) is 88.7 cm³/mol. The summed E-state index contributed by atoms with van der Waals surface area (Å²) in [7, 11) is 0. The molecule has 114 valence electrons. The Morgan fingerprint density at radius 2 is 1.76 bits per heavy atom. The first-order valence-corrected chi connectivity index (χ1v) is 7.78. The molecule has 1 aromatic heterocycles. The maximum Gasteiger partial charge on any atom is 0.105 e. The van der Waals surface area contributed by atoms with E-state index < -0.39 is 0 Å². The van der Waals surface area contributed by atoms with Gasteiger partial charge >= 0.3 is 0 Å². The maximum atomic E-state index is 5.45. The normalized spacial score (nSPS) is 13.4. The molecule has 2 aromatic rings. The third-order valence-corrected chi connectivity index (χ3v) is 3.98. The summed E-state index contributed by atoms with van der Waals surface area (Å²) in [5.41, 5.74) is 4.21. The monoisotopic (exact) mass is 285 g/mol. The minimum Gasteiger partial charge on any atom is -0.469 e. The van der Waals surface area contributed by atoms with Crippen LogP contribution in [-0.2, 0) is 11.8 Å². The summed E-state index contributed by atoms with van der Waals surface area (Å²) < 4.78 is 5.45. The molecule has 2 nitrogen and oxygen atoms in total. The van der Waals surface area contributed by atoms with E-state index in [4.69, 9.17) is 4.42 Å². The Labute approximate surface area is 128 Å². The van der Waals surface area contributed by atoms with Crippen LogP contribution in [0.4, 0.5) is 0 Å². The quantitative estimate of drug-likeness (QED) is 0.855. The standard InChI is InChI=1S/C19H27NO/c1-6-20-18(17-11-12-21-14(17)2)13-15-7-9-16(10-8-15)19(3,4)5/h7-12,18,20H,6,13H2,1-5H3. The number of benzene rings is 1. The van der Waals surface area contributed by atoms with Crippen LogP contribution in [0.2, 0.25) is 0 Å². The Hall–Kier alpha value is -1.54. The van der Waals surface area contributed by atoms with Crippen molar-refractivity contribution >= 4 is 0 Å². The van der Waals surface area contributed by atoms with Gasteiger partial charge in [-0.05, 0) is 42.5 Å². The van der Waals surface area contributed by atoms with Crippen molar-refractivity contribution in [1.29, 1.82) is 0 Å². The molecule has 0 saturated heterocycles. The van der Waals surface area contributed by atoms with Gasteiger partial charge < -0.3 is 9.73 Å². The van der Waals surface area contributed by atoms with Crippen LogP contribution in [0, 0.1) is 6.92 Å². The van der Waals surface area contributed by atoms with Crippen LogP contribution >= 0.6 is 0 Å². The summed E-state index contributed by atoms with van der Waals surface area (Å²) >= 11 is 0. The van der Waals surface area contributed by atoms with Gasteiger partial charge in [-0.1, -0.05) is 52.0 Å². The molecule has 1 unspecified atom stereocenters. The second-order valence-electron chi connectivity index (χ2n) is 6.69. The molecule has 1 aromatic carbocycles. The Balaban J connectivity index is 2.16. The third kappa shape index (κ3) is 3.98. The van der Waals surface area contributed by atoms with Gasteiger partial charge in [0.05, 0.1) is 6.26 Å². The van der Waals surface area contributed by atoms with Crippen LogP contribution in [0.15, 0.2) is 41.0 Å². The van der Waals surface area contributed by atoms with Crippen LogP contribution < -0.4 is 5.32 Å². The van der Waals surface area contributed by atoms with E-state index in [0.29, 0.717) is 6.04 Å². The van der Waals surface area contributed by atoms with Crippen molar-refractivity contribution in [2.24, 2.45) is 0 Å². The van der Waals surface area contributed by atoms with Crippen molar-refractivity contribution in [1.82, 2.24) is 5.32 Å². The highest BCUT2D eigenvalue weighted by Crippen LogP contribution is 2.25. The van der Waals surface area contributed by atoms with E-state index in [9.17, 15) is 0 Å². The first-order valence-electron chi connectivity index (χ1n) is 7.78. The smallest absolute Gasteiger partial charge is 0.105 e. The molecule has 0 bridgehead atoms. The molecule has 2 heteroatoms. The molecule has 0 aliphatic carbocycles. The summed E-state index contributed by atoms with van der Waals surface area (Å²) in [4.78, 5) is 0. The lowest BCUT2D eigenvalue weighted by molar-refractivity contribution is 0.501. The third-order valence-electron chi connectivity index (χ3n) is 3.98. The average molecular weight is 285 g/mol. The number of aryl methyl sites for hydroxylation is 1. The lowest BCUT2D eigenvalue weighted by Crippen LogP contribution is -2.23. The van der Waals surface area contributed by atoms with E-state index in [2.05, 4.69) is 63.3 Å². The molecule has 21 heavy (non-hydrogen) atoms. The SMILES string of the molecule is CCNC(Cc1ccc(C(C)(C)C)cc1)c1ccoc1C. The molecule has 0 aliphatic heterocycles. The summed E-state index contributed by atoms with van der Waals surface area (Å²) in [5, 5.41) is 3.56. The summed E-state index contributed by atoms with van der Waals surface area (Å²) in [5.74, 6) is 1.01. The number of hydrogen-bond donors (Lipinski definition) is 1. The zero-order valence-electron chi connectivity index (χ0n) is 13.9. The fourth-order valence-corrected chi connectivity index (χ4v) is 2.67. The Bertz CT molecular complexity index is 560. The van der Waals surface area contributed by atoms with E-state index in [1.165, 1.54) is 16.7 Å². The second-order valence-corrected chi connectivity index (χ2v) is 6.69. The number of furan rings is 1. The first kappa shape index (κ1) is 15.8. The molecule has 1 N–H and O–H groups in total. The molecular formula is C19H27NO. The van der Waals surface area contributed by atoms with Crippen molar-refractivity contribution in [3.05, 3.63) is 59.0 Å². The predicted octanol–water partition coefficient (Wildman–Crippen LogP) is 4.78. The Kier molecular flexibility index (Phi) is 4.89. The first-order chi connectivity index (χ1) is 9.91. The molecule has 0 saturated carbocycles. The Morgan fingerprint density at radius 1 is 1.10 bits per heavy atom. The van der Waals surface area contributed by atoms with E-state index in [0.717, 1.165) is 18.7 Å². The molecular weight excluding hydrogens is 258 g/mol. The summed E-state index contributed by atoms with van der Waals surface area (Å²) in [6.07, 6.45) is 2.76. The van der Waals surface area contributed by atoms with Crippen molar-refractivity contribution in [3.63, 3.8) is 0 Å². The lowest BCUT2D eigenvalue weighted by Gasteiger charge is -2.21. The highest BCUT2D eigenvalue weighted by molar-refractivity contribution is 5.30. The van der Waals surface area contributed by atoms with Crippen molar-refractivity contribution in [3.8, 4) is 0 Å². The topological polar surface area (TPSA) is 25.2 Å². The molecule has 2 rings (SSSR count). The molecule has 0 fully saturated rings. The van der Waals surface area contributed by atoms with Crippen LogP contribution in [0.1, 0.15) is 56.2 Å². The largest absolute Gasteiger partial charge is 0.469 e. The van der Waals surface area contributed by atoms with Gasteiger partial charge in [-0.2, -0.15) is 0 Å². The molecule has 0 aliphatic rings. The number of nitrogens with one attached hydrogen (secondary N) is 1. The number of likely N-dealkylation sites (N-methyl/N-ethyl adjacent to an activating group) is 1. The summed E-state index contributed by atoms with van der Waals surface area (Å²) in [6, 6.07) is 11.4. The minimum absolute atomic E-state index is 0.209. The van der Waals surface area contributed by atoms with Crippen molar-refractivity contribution < 1.29 is 4.42 Å². The number of hydrogen-bond acceptors (Lipinski definition) is 2. The van der Waals surface area contributed by atoms with Crippen molar-refractivity contribution in [2.75, 3.05) is 6.54 Å². The van der Waals surface area contributed by atoms with E-state index in [-0.39, 0.29) is 5.41 Å². The average Bonchev–Trinajstić information content (AvgIpc) is 2.84. The minimum atomic E-state index is 0.209. The highest BCUT2D eigenvalue weighted by Gasteiger charge is 2.17. The van der Waals surface area contributed by atoms with Crippen LogP contribution in [0.5, 0.6) is 0 Å². The van der Waals surface area contributed by atoms with Gasteiger partial charge in [0.15, 0.2) is 0 Å². The highest BCUT2D eigenvalue weighted by atomic mass is 16.3. The van der Waals surface area contributed by atoms with Crippen LogP contribution in [-0.4, -0.2) is 6.54 Å². The molecule has 0 amide bonds. The van der Waals surface area contributed by atoms with Gasteiger partial charge in [-0.25, -0.2) is 0 Å². The summed E-state index contributed by atoms with van der Waals surface area (Å²) in [6.45, 7) is 11.9. The van der Waals surface area contributed by atoms with E-state index in [1.54, 1.807) is 6.26 Å². The maximum absolute atomic E-state index is 5.45. The fourth-order valence-electron chi connectivity index (χ4n) is 2.67. The van der Waals surface area contributed by atoms with Gasteiger partial charge in [-0.3, -0.25) is 0 Å². The number of rotatable bonds is 5. The van der Waals surface area contributed by atoms with Crippen LogP contribution in [0.3, 0.4) is 0 Å². The zero-order valence-corrected chi connectivity index (χ0v) is 13.9. The molecule has 1 atom stereocenters. The van der Waals surface area contributed by atoms with E-state index in [1.807, 2.05) is 6.92 Å². The van der Waals surface area contributed by atoms with Crippen molar-refractivity contribution in [2.45, 2.75) is 52.5 Å². The van der Waals surface area contributed by atoms with Gasteiger partial charge in [-0.15, -0.1) is 0 Å². The van der Waals surface area contributed by atoms with Gasteiger partial charge in [0.1, 0.15) is 5.76 Å². The fraction of sp³-hybridized carbons (Fsp3) is 0.474. The van der Waals surface area contributed by atoms with Gasteiger partial charge in [0.2, 0.25) is 0 Å². The van der Waals surface area contributed by atoms with Gasteiger partial charge in [0, 0.05) is 11.6 Å². The molecule has 1 heterocycles. The van der Waals surface area contributed by atoms with Crippen LogP contribution in [0.25, 0.3) is 0 Å². The molecule has 0 spiro atoms. The lowest BCUT2D eigenvalue weighted by atomic mass is 9.86. The van der Waals surface area contributed by atoms with Gasteiger partial charge in [0.25, 0.3) is 0 Å². The van der Waals surface area contributed by atoms with E-state index >= 15 is 0 Å².